The minimum Gasteiger partial charge on any atom is -0.497 e. The van der Waals surface area contributed by atoms with Crippen molar-refractivity contribution in [3.05, 3.63) is 39.8 Å². The third kappa shape index (κ3) is 5.73. The van der Waals surface area contributed by atoms with E-state index in [2.05, 4.69) is 53.0 Å². The largest absolute Gasteiger partial charge is 0.497 e. The first-order valence-corrected chi connectivity index (χ1v) is 10.3. The van der Waals surface area contributed by atoms with Crippen LogP contribution in [-0.4, -0.2) is 55.7 Å². The summed E-state index contributed by atoms with van der Waals surface area (Å²) in [7, 11) is 1.70. The Labute approximate surface area is 189 Å². The summed E-state index contributed by atoms with van der Waals surface area (Å²) in [5, 5.41) is 4.55. The summed E-state index contributed by atoms with van der Waals surface area (Å²) in [6.07, 6.45) is 0. The van der Waals surface area contributed by atoms with E-state index >= 15 is 0 Å². The minimum absolute atomic E-state index is 0. The van der Waals surface area contributed by atoms with Crippen molar-refractivity contribution in [2.24, 2.45) is 4.99 Å². The van der Waals surface area contributed by atoms with Crippen molar-refractivity contribution in [1.29, 1.82) is 0 Å². The van der Waals surface area contributed by atoms with Crippen LogP contribution in [0.5, 0.6) is 5.75 Å². The molecule has 0 radical (unpaired) electrons. The number of rotatable bonds is 5. The molecule has 1 aromatic carbocycles. The van der Waals surface area contributed by atoms with Crippen molar-refractivity contribution in [3.63, 3.8) is 0 Å². The van der Waals surface area contributed by atoms with Gasteiger partial charge in [-0.25, -0.2) is 9.98 Å². The molecule has 0 atom stereocenters. The summed E-state index contributed by atoms with van der Waals surface area (Å²) in [5.74, 6) is 1.89. The van der Waals surface area contributed by atoms with Crippen molar-refractivity contribution >= 4 is 47.0 Å². The molecule has 6 nitrogen and oxygen atoms in total. The average Bonchev–Trinajstić information content (AvgIpc) is 3.02. The van der Waals surface area contributed by atoms with E-state index in [1.807, 2.05) is 12.1 Å². The van der Waals surface area contributed by atoms with Gasteiger partial charge in [0.1, 0.15) is 5.75 Å². The lowest BCUT2D eigenvalue weighted by atomic mass is 10.2. The topological polar surface area (TPSA) is 53.0 Å². The molecular formula is C20H30IN5OS. The van der Waals surface area contributed by atoms with Crippen LogP contribution in [0.15, 0.2) is 29.3 Å². The highest BCUT2D eigenvalue weighted by Gasteiger charge is 2.20. The van der Waals surface area contributed by atoms with Gasteiger partial charge in [0, 0.05) is 43.3 Å². The second-order valence-electron chi connectivity index (χ2n) is 6.58. The van der Waals surface area contributed by atoms with Crippen molar-refractivity contribution in [2.45, 2.75) is 27.3 Å². The molecule has 0 bridgehead atoms. The lowest BCUT2D eigenvalue weighted by Crippen LogP contribution is -2.52. The molecule has 0 amide bonds. The van der Waals surface area contributed by atoms with Gasteiger partial charge < -0.3 is 19.9 Å². The van der Waals surface area contributed by atoms with Crippen LogP contribution in [0, 0.1) is 13.8 Å². The fraction of sp³-hybridized carbons (Fsp3) is 0.500. The predicted octanol–water partition coefficient (Wildman–Crippen LogP) is 3.67. The maximum absolute atomic E-state index is 5.25. The van der Waals surface area contributed by atoms with Gasteiger partial charge in [-0.1, -0.05) is 0 Å². The zero-order valence-electron chi connectivity index (χ0n) is 17.1. The fourth-order valence-electron chi connectivity index (χ4n) is 3.26. The van der Waals surface area contributed by atoms with Crippen LogP contribution in [0.1, 0.15) is 22.5 Å². The first-order chi connectivity index (χ1) is 13.1. The van der Waals surface area contributed by atoms with Crippen LogP contribution in [0.4, 0.5) is 5.69 Å². The normalized spacial score (nSPS) is 14.6. The van der Waals surface area contributed by atoms with Crippen molar-refractivity contribution < 1.29 is 4.74 Å². The van der Waals surface area contributed by atoms with Gasteiger partial charge in [0.05, 0.1) is 24.4 Å². The number of hydrogen-bond donors (Lipinski definition) is 1. The van der Waals surface area contributed by atoms with Gasteiger partial charge >= 0.3 is 0 Å². The van der Waals surface area contributed by atoms with Crippen LogP contribution in [-0.2, 0) is 6.54 Å². The molecule has 2 aromatic rings. The number of anilines is 1. The number of aryl methyl sites for hydroxylation is 2. The lowest BCUT2D eigenvalue weighted by molar-refractivity contribution is 0.372. The summed E-state index contributed by atoms with van der Waals surface area (Å²) >= 11 is 1.74. The van der Waals surface area contributed by atoms with Gasteiger partial charge in [0.25, 0.3) is 0 Å². The molecule has 0 unspecified atom stereocenters. The molecule has 8 heteroatoms. The predicted molar refractivity (Wildman–Crippen MR) is 129 cm³/mol. The summed E-state index contributed by atoms with van der Waals surface area (Å²) in [4.78, 5) is 15.4. The fourth-order valence-corrected chi connectivity index (χ4v) is 4.12. The number of piperazine rings is 1. The van der Waals surface area contributed by atoms with E-state index in [0.29, 0.717) is 6.54 Å². The maximum Gasteiger partial charge on any atom is 0.194 e. The second-order valence-corrected chi connectivity index (χ2v) is 7.87. The number of halogens is 1. The zero-order valence-corrected chi connectivity index (χ0v) is 20.2. The number of benzene rings is 1. The monoisotopic (exact) mass is 515 g/mol. The smallest absolute Gasteiger partial charge is 0.194 e. The Morgan fingerprint density at radius 2 is 1.86 bits per heavy atom. The molecule has 154 valence electrons. The molecule has 0 aliphatic carbocycles. The van der Waals surface area contributed by atoms with E-state index < -0.39 is 0 Å². The van der Waals surface area contributed by atoms with E-state index in [0.717, 1.165) is 55.1 Å². The number of thiazole rings is 1. The molecule has 0 spiro atoms. The molecule has 28 heavy (non-hydrogen) atoms. The standard InChI is InChI=1S/C20H29N5OS.HI/c1-5-21-20(22-14-19-15(2)23-16(3)27-19)25-12-10-24(11-13-25)17-6-8-18(26-4)9-7-17;/h6-9H,5,10-14H2,1-4H3,(H,21,22);1H. The summed E-state index contributed by atoms with van der Waals surface area (Å²) in [6.45, 7) is 11.7. The molecule has 3 rings (SSSR count). The second kappa shape index (κ2) is 10.8. The minimum atomic E-state index is 0. The van der Waals surface area contributed by atoms with Crippen molar-refractivity contribution in [3.8, 4) is 5.75 Å². The van der Waals surface area contributed by atoms with Crippen LogP contribution in [0.25, 0.3) is 0 Å². The Morgan fingerprint density at radius 1 is 1.18 bits per heavy atom. The van der Waals surface area contributed by atoms with Crippen LogP contribution >= 0.6 is 35.3 Å². The molecule has 1 aliphatic heterocycles. The Balaban J connectivity index is 0.00000280. The van der Waals surface area contributed by atoms with Gasteiger partial charge in [-0.15, -0.1) is 35.3 Å². The summed E-state index contributed by atoms with van der Waals surface area (Å²) < 4.78 is 5.25. The Bertz CT molecular complexity index is 769. The quantitative estimate of drug-likeness (QED) is 0.374. The number of guanidine groups is 1. The van der Waals surface area contributed by atoms with E-state index in [1.165, 1.54) is 10.6 Å². The molecule has 2 heterocycles. The third-order valence-electron chi connectivity index (χ3n) is 4.72. The zero-order chi connectivity index (χ0) is 19.2. The highest BCUT2D eigenvalue weighted by atomic mass is 127. The lowest BCUT2D eigenvalue weighted by Gasteiger charge is -2.37. The average molecular weight is 515 g/mol. The van der Waals surface area contributed by atoms with Gasteiger partial charge in [-0.05, 0) is 45.0 Å². The SMILES string of the molecule is CCNC(=NCc1sc(C)nc1C)N1CCN(c2ccc(OC)cc2)CC1.I. The van der Waals surface area contributed by atoms with Crippen molar-refractivity contribution in [1.82, 2.24) is 15.2 Å². The van der Waals surface area contributed by atoms with Gasteiger partial charge in [-0.3, -0.25) is 0 Å². The van der Waals surface area contributed by atoms with Gasteiger partial charge in [-0.2, -0.15) is 0 Å². The maximum atomic E-state index is 5.25. The van der Waals surface area contributed by atoms with E-state index in [1.54, 1.807) is 18.4 Å². The van der Waals surface area contributed by atoms with E-state index in [-0.39, 0.29) is 24.0 Å². The number of aliphatic imine (C=N–C) groups is 1. The van der Waals surface area contributed by atoms with Crippen LogP contribution < -0.4 is 15.0 Å². The summed E-state index contributed by atoms with van der Waals surface area (Å²) in [6, 6.07) is 8.30. The van der Waals surface area contributed by atoms with Gasteiger partial charge in [0.2, 0.25) is 0 Å². The number of hydrogen-bond acceptors (Lipinski definition) is 5. The Kier molecular flexibility index (Phi) is 8.81. The molecule has 1 saturated heterocycles. The number of nitrogens with zero attached hydrogens (tertiary/aromatic N) is 4. The number of aromatic nitrogens is 1. The highest BCUT2D eigenvalue weighted by molar-refractivity contribution is 14.0. The molecule has 1 fully saturated rings. The van der Waals surface area contributed by atoms with Crippen LogP contribution in [0.3, 0.4) is 0 Å². The first kappa shape index (κ1) is 22.7. The Hall–Kier alpha value is -1.55. The third-order valence-corrected chi connectivity index (χ3v) is 5.78. The molecule has 0 saturated carbocycles. The Morgan fingerprint density at radius 3 is 2.39 bits per heavy atom. The summed E-state index contributed by atoms with van der Waals surface area (Å²) in [5.41, 5.74) is 2.34. The number of methoxy groups -OCH3 is 1. The first-order valence-electron chi connectivity index (χ1n) is 9.46. The molecule has 1 N–H and O–H groups in total. The van der Waals surface area contributed by atoms with E-state index in [4.69, 9.17) is 9.73 Å². The highest BCUT2D eigenvalue weighted by Crippen LogP contribution is 2.21. The molecule has 1 aliphatic rings. The van der Waals surface area contributed by atoms with Crippen LogP contribution in [0.2, 0.25) is 0 Å². The number of nitrogens with one attached hydrogen (secondary N) is 1. The molecule has 1 aromatic heterocycles. The van der Waals surface area contributed by atoms with E-state index in [9.17, 15) is 0 Å². The van der Waals surface area contributed by atoms with Gasteiger partial charge in [0.15, 0.2) is 5.96 Å². The van der Waals surface area contributed by atoms with Crippen molar-refractivity contribution in [2.75, 3.05) is 44.7 Å². The number of ether oxygens (including phenoxy) is 1. The molecular weight excluding hydrogens is 485 g/mol.